The Morgan fingerprint density at radius 1 is 1.39 bits per heavy atom. The molecule has 2 aromatic heterocycles. The largest absolute Gasteiger partial charge is 0.355 e. The lowest BCUT2D eigenvalue weighted by atomic mass is 10.0. The maximum Gasteiger partial charge on any atom is 0.276 e. The third kappa shape index (κ3) is 2.97. The Hall–Kier alpha value is -1.89. The normalized spacial score (nSPS) is 12.7. The van der Waals surface area contributed by atoms with Crippen molar-refractivity contribution in [3.8, 4) is 0 Å². The van der Waals surface area contributed by atoms with Gasteiger partial charge in [0.25, 0.3) is 5.56 Å². The molecule has 1 unspecified atom stereocenters. The fourth-order valence-electron chi connectivity index (χ4n) is 2.70. The number of hydrogen-bond acceptors (Lipinski definition) is 3. The number of aromatic amines is 2. The molecule has 0 amide bonds. The summed E-state index contributed by atoms with van der Waals surface area (Å²) in [7, 11) is 1.91. The summed E-state index contributed by atoms with van der Waals surface area (Å²) < 4.78 is 2.32. The van der Waals surface area contributed by atoms with Crippen LogP contribution >= 0.6 is 23.8 Å². The summed E-state index contributed by atoms with van der Waals surface area (Å²) >= 11 is 11.5. The molecule has 0 aliphatic carbocycles. The van der Waals surface area contributed by atoms with E-state index in [9.17, 15) is 4.79 Å². The van der Waals surface area contributed by atoms with Crippen LogP contribution in [0.4, 0.5) is 0 Å². The summed E-state index contributed by atoms with van der Waals surface area (Å²) in [5.74, 6) is 0. The van der Waals surface area contributed by atoms with Crippen LogP contribution in [-0.4, -0.2) is 21.6 Å². The van der Waals surface area contributed by atoms with Crippen LogP contribution in [0, 0.1) is 4.77 Å². The van der Waals surface area contributed by atoms with Gasteiger partial charge in [0.2, 0.25) is 0 Å². The average Bonchev–Trinajstić information content (AvgIpc) is 3.01. The second kappa shape index (κ2) is 6.31. The van der Waals surface area contributed by atoms with Crippen LogP contribution in [0.3, 0.4) is 0 Å². The van der Waals surface area contributed by atoms with Gasteiger partial charge in [-0.25, -0.2) is 0 Å². The van der Waals surface area contributed by atoms with Gasteiger partial charge in [-0.05, 0) is 55.5 Å². The molecule has 0 saturated carbocycles. The number of H-pyrrole nitrogens is 2. The fraction of sp³-hybridized carbons (Fsp3) is 0.250. The summed E-state index contributed by atoms with van der Waals surface area (Å²) in [6.45, 7) is 2.63. The quantitative estimate of drug-likeness (QED) is 0.633. The molecule has 3 aromatic rings. The van der Waals surface area contributed by atoms with E-state index in [1.807, 2.05) is 35.9 Å². The molecular formula is C16H17ClN4OS. The Morgan fingerprint density at radius 2 is 2.17 bits per heavy atom. The first-order valence-electron chi connectivity index (χ1n) is 7.27. The molecular weight excluding hydrogens is 332 g/mol. The highest BCUT2D eigenvalue weighted by molar-refractivity contribution is 7.71. The van der Waals surface area contributed by atoms with Crippen molar-refractivity contribution in [3.05, 3.63) is 61.7 Å². The summed E-state index contributed by atoms with van der Waals surface area (Å²) in [5.41, 5.74) is 3.32. The molecule has 120 valence electrons. The smallest absolute Gasteiger partial charge is 0.276 e. The minimum absolute atomic E-state index is 0.155. The van der Waals surface area contributed by atoms with Crippen molar-refractivity contribution in [3.63, 3.8) is 0 Å². The van der Waals surface area contributed by atoms with Gasteiger partial charge in [0.05, 0.1) is 12.1 Å². The minimum atomic E-state index is -0.203. The summed E-state index contributed by atoms with van der Waals surface area (Å²) in [5, 5.41) is 3.93. The first kappa shape index (κ1) is 16.0. The lowest BCUT2D eigenvalue weighted by Crippen LogP contribution is -2.18. The zero-order valence-corrected chi connectivity index (χ0v) is 14.4. The van der Waals surface area contributed by atoms with Crippen LogP contribution in [-0.2, 0) is 6.54 Å². The third-order valence-corrected chi connectivity index (χ3v) is 4.60. The SMILES string of the molecule is CNC(C)c1cc(Cl)ccc1Cn1c(=S)[nH]c(=O)c2[nH]ccc21. The molecule has 1 atom stereocenters. The molecule has 1 aromatic carbocycles. The third-order valence-electron chi connectivity index (χ3n) is 4.04. The number of hydrogen-bond donors (Lipinski definition) is 3. The van der Waals surface area contributed by atoms with Crippen LogP contribution in [0.15, 0.2) is 35.3 Å². The van der Waals surface area contributed by atoms with E-state index in [0.717, 1.165) is 16.6 Å². The van der Waals surface area contributed by atoms with Gasteiger partial charge in [-0.2, -0.15) is 0 Å². The second-order valence-corrected chi connectivity index (χ2v) is 6.26. The van der Waals surface area contributed by atoms with Crippen LogP contribution in [0.2, 0.25) is 5.02 Å². The molecule has 5 nitrogen and oxygen atoms in total. The summed E-state index contributed by atoms with van der Waals surface area (Å²) in [6, 6.07) is 7.84. The van der Waals surface area contributed by atoms with E-state index >= 15 is 0 Å². The molecule has 0 radical (unpaired) electrons. The first-order chi connectivity index (χ1) is 11.0. The van der Waals surface area contributed by atoms with E-state index in [0.29, 0.717) is 21.9 Å². The molecule has 3 N–H and O–H groups in total. The van der Waals surface area contributed by atoms with Crippen molar-refractivity contribution in [1.82, 2.24) is 19.9 Å². The molecule has 3 rings (SSSR count). The highest BCUT2D eigenvalue weighted by Gasteiger charge is 2.13. The maximum atomic E-state index is 11.9. The molecule has 2 heterocycles. The average molecular weight is 349 g/mol. The van der Waals surface area contributed by atoms with Crippen molar-refractivity contribution in [2.24, 2.45) is 0 Å². The van der Waals surface area contributed by atoms with Gasteiger partial charge in [0, 0.05) is 17.3 Å². The molecule has 0 saturated heterocycles. The Bertz CT molecular complexity index is 972. The van der Waals surface area contributed by atoms with Crippen molar-refractivity contribution in [2.45, 2.75) is 19.5 Å². The number of aromatic nitrogens is 3. The standard InChI is InChI=1S/C16H17ClN4OS/c1-9(18-2)12-7-11(17)4-3-10(12)8-21-13-5-6-19-14(13)15(22)20-16(21)23/h3-7,9,18-19H,8H2,1-2H3,(H,20,22,23). The predicted octanol–water partition coefficient (Wildman–Crippen LogP) is 3.37. The lowest BCUT2D eigenvalue weighted by Gasteiger charge is -2.18. The zero-order valence-electron chi connectivity index (χ0n) is 12.8. The van der Waals surface area contributed by atoms with E-state index in [1.165, 1.54) is 0 Å². The van der Waals surface area contributed by atoms with E-state index in [-0.39, 0.29) is 11.6 Å². The number of halogens is 1. The van der Waals surface area contributed by atoms with Crippen molar-refractivity contribution in [2.75, 3.05) is 7.05 Å². The fourth-order valence-corrected chi connectivity index (χ4v) is 3.14. The van der Waals surface area contributed by atoms with Crippen LogP contribution < -0.4 is 10.9 Å². The second-order valence-electron chi connectivity index (χ2n) is 5.44. The number of nitrogens with zero attached hydrogens (tertiary/aromatic N) is 1. The van der Waals surface area contributed by atoms with Gasteiger partial charge in [-0.1, -0.05) is 17.7 Å². The number of rotatable bonds is 4. The van der Waals surface area contributed by atoms with Gasteiger partial charge in [0.15, 0.2) is 4.77 Å². The highest BCUT2D eigenvalue weighted by Crippen LogP contribution is 2.24. The minimum Gasteiger partial charge on any atom is -0.355 e. The van der Waals surface area contributed by atoms with E-state index in [2.05, 4.69) is 22.2 Å². The van der Waals surface area contributed by atoms with Gasteiger partial charge in [0.1, 0.15) is 5.52 Å². The van der Waals surface area contributed by atoms with Crippen molar-refractivity contribution < 1.29 is 0 Å². The number of nitrogens with one attached hydrogen (secondary N) is 3. The molecule has 0 fully saturated rings. The molecule has 0 aliphatic rings. The van der Waals surface area contributed by atoms with Gasteiger partial charge in [-0.15, -0.1) is 0 Å². The Labute approximate surface area is 143 Å². The summed E-state index contributed by atoms with van der Waals surface area (Å²) in [6.07, 6.45) is 1.74. The predicted molar refractivity (Wildman–Crippen MR) is 95.8 cm³/mol. The Balaban J connectivity index is 2.15. The number of benzene rings is 1. The topological polar surface area (TPSA) is 65.6 Å². The first-order valence-corrected chi connectivity index (χ1v) is 8.05. The Morgan fingerprint density at radius 3 is 2.91 bits per heavy atom. The maximum absolute atomic E-state index is 11.9. The van der Waals surface area contributed by atoms with Crippen LogP contribution in [0.1, 0.15) is 24.1 Å². The van der Waals surface area contributed by atoms with Crippen LogP contribution in [0.5, 0.6) is 0 Å². The highest BCUT2D eigenvalue weighted by atomic mass is 35.5. The van der Waals surface area contributed by atoms with Gasteiger partial charge < -0.3 is 14.9 Å². The lowest BCUT2D eigenvalue weighted by molar-refractivity contribution is 0.637. The summed E-state index contributed by atoms with van der Waals surface area (Å²) in [4.78, 5) is 17.6. The molecule has 23 heavy (non-hydrogen) atoms. The van der Waals surface area contributed by atoms with Crippen molar-refractivity contribution in [1.29, 1.82) is 0 Å². The van der Waals surface area contributed by atoms with Gasteiger partial charge >= 0.3 is 0 Å². The van der Waals surface area contributed by atoms with Crippen molar-refractivity contribution >= 4 is 34.9 Å². The zero-order chi connectivity index (χ0) is 16.6. The van der Waals surface area contributed by atoms with Crippen LogP contribution in [0.25, 0.3) is 11.0 Å². The monoisotopic (exact) mass is 348 g/mol. The molecule has 0 aliphatic heterocycles. The van der Waals surface area contributed by atoms with Gasteiger partial charge in [-0.3, -0.25) is 9.78 Å². The molecule has 7 heteroatoms. The number of fused-ring (bicyclic) bond motifs is 1. The molecule has 0 spiro atoms. The van der Waals surface area contributed by atoms with E-state index < -0.39 is 0 Å². The van der Waals surface area contributed by atoms with E-state index in [4.69, 9.17) is 23.8 Å². The van der Waals surface area contributed by atoms with E-state index in [1.54, 1.807) is 6.20 Å². The molecule has 0 bridgehead atoms. The Kier molecular flexibility index (Phi) is 4.39.